The van der Waals surface area contributed by atoms with Crippen molar-refractivity contribution in [1.82, 2.24) is 19.6 Å². The third kappa shape index (κ3) is 3.79. The SMILES string of the molecule is CC(=O)c1c(N2CCS(=O)(=O)CC2)nc2c(-c3ccc(-c4ccccc4C)nc3)cnn2c1N. The van der Waals surface area contributed by atoms with E-state index in [4.69, 9.17) is 10.7 Å². The Morgan fingerprint density at radius 3 is 2.41 bits per heavy atom. The Morgan fingerprint density at radius 2 is 1.76 bits per heavy atom. The summed E-state index contributed by atoms with van der Waals surface area (Å²) in [5, 5.41) is 4.38. The second kappa shape index (κ2) is 8.21. The molecule has 34 heavy (non-hydrogen) atoms. The van der Waals surface area contributed by atoms with Crippen molar-refractivity contribution >= 4 is 32.9 Å². The smallest absolute Gasteiger partial charge is 0.167 e. The highest BCUT2D eigenvalue weighted by Gasteiger charge is 2.28. The minimum atomic E-state index is -3.09. The first-order valence-corrected chi connectivity index (χ1v) is 12.7. The molecule has 0 bridgehead atoms. The van der Waals surface area contributed by atoms with Crippen LogP contribution in [0.15, 0.2) is 48.8 Å². The molecule has 0 atom stereocenters. The number of hydrogen-bond acceptors (Lipinski definition) is 8. The van der Waals surface area contributed by atoms with Crippen LogP contribution in [-0.4, -0.2) is 58.4 Å². The van der Waals surface area contributed by atoms with Crippen molar-refractivity contribution in [1.29, 1.82) is 0 Å². The third-order valence-electron chi connectivity index (χ3n) is 6.16. The van der Waals surface area contributed by atoms with Gasteiger partial charge in [-0.25, -0.2) is 13.4 Å². The Morgan fingerprint density at radius 1 is 1.03 bits per heavy atom. The topological polar surface area (TPSA) is 124 Å². The zero-order valence-corrected chi connectivity index (χ0v) is 19.7. The molecule has 2 N–H and O–H groups in total. The van der Waals surface area contributed by atoms with Gasteiger partial charge in [0.05, 0.1) is 23.4 Å². The summed E-state index contributed by atoms with van der Waals surface area (Å²) in [6.45, 7) is 3.97. The van der Waals surface area contributed by atoms with Crippen LogP contribution in [0.4, 0.5) is 11.6 Å². The van der Waals surface area contributed by atoms with E-state index in [2.05, 4.69) is 10.1 Å². The van der Waals surface area contributed by atoms with Crippen LogP contribution in [0.5, 0.6) is 0 Å². The van der Waals surface area contributed by atoms with E-state index in [1.807, 2.05) is 48.2 Å². The van der Waals surface area contributed by atoms with Crippen LogP contribution < -0.4 is 10.6 Å². The second-order valence-electron chi connectivity index (χ2n) is 8.43. The van der Waals surface area contributed by atoms with Crippen LogP contribution in [-0.2, 0) is 9.84 Å². The lowest BCUT2D eigenvalue weighted by atomic mass is 10.0. The van der Waals surface area contributed by atoms with Crippen molar-refractivity contribution in [2.75, 3.05) is 35.2 Å². The summed E-state index contributed by atoms with van der Waals surface area (Å²) >= 11 is 0. The largest absolute Gasteiger partial charge is 0.383 e. The number of Topliss-reactive ketones (excluding diaryl/α,β-unsaturated/α-hetero) is 1. The Labute approximate surface area is 197 Å². The molecule has 4 heterocycles. The first-order valence-electron chi connectivity index (χ1n) is 10.9. The molecule has 0 unspecified atom stereocenters. The zero-order valence-electron chi connectivity index (χ0n) is 18.9. The molecule has 0 saturated carbocycles. The van der Waals surface area contributed by atoms with Crippen molar-refractivity contribution in [3.8, 4) is 22.4 Å². The van der Waals surface area contributed by atoms with Gasteiger partial charge in [0.2, 0.25) is 0 Å². The molecule has 0 spiro atoms. The number of carbonyl (C=O) groups excluding carboxylic acids is 1. The lowest BCUT2D eigenvalue weighted by molar-refractivity contribution is 0.101. The number of nitrogens with two attached hydrogens (primary N) is 1. The fourth-order valence-electron chi connectivity index (χ4n) is 4.27. The molecule has 5 rings (SSSR count). The molecule has 3 aromatic heterocycles. The summed E-state index contributed by atoms with van der Waals surface area (Å²) in [5.74, 6) is 0.327. The van der Waals surface area contributed by atoms with Crippen LogP contribution in [0.1, 0.15) is 22.8 Å². The predicted octanol–water partition coefficient (Wildman–Crippen LogP) is 2.79. The lowest BCUT2D eigenvalue weighted by Crippen LogP contribution is -2.41. The average molecular weight is 477 g/mol. The van der Waals surface area contributed by atoms with Crippen molar-refractivity contribution in [2.45, 2.75) is 13.8 Å². The van der Waals surface area contributed by atoms with Gasteiger partial charge in [0.1, 0.15) is 17.2 Å². The molecule has 4 aromatic rings. The molecule has 1 saturated heterocycles. The molecule has 0 radical (unpaired) electrons. The lowest BCUT2D eigenvalue weighted by Gasteiger charge is -2.29. The van der Waals surface area contributed by atoms with Gasteiger partial charge in [-0.1, -0.05) is 30.3 Å². The fraction of sp³-hybridized carbons (Fsp3) is 0.250. The summed E-state index contributed by atoms with van der Waals surface area (Å²) in [6.07, 6.45) is 3.42. The van der Waals surface area contributed by atoms with Gasteiger partial charge < -0.3 is 10.6 Å². The summed E-state index contributed by atoms with van der Waals surface area (Å²) in [5.41, 5.74) is 11.7. The number of hydrogen-bond donors (Lipinski definition) is 1. The zero-order chi connectivity index (χ0) is 24.0. The molecule has 1 aliphatic heterocycles. The summed E-state index contributed by atoms with van der Waals surface area (Å²) in [6, 6.07) is 12.0. The van der Waals surface area contributed by atoms with Crippen LogP contribution in [0, 0.1) is 6.92 Å². The molecule has 174 valence electrons. The maximum Gasteiger partial charge on any atom is 0.167 e. The quantitative estimate of drug-likeness (QED) is 0.446. The number of anilines is 2. The summed E-state index contributed by atoms with van der Waals surface area (Å²) < 4.78 is 25.3. The number of fused-ring (bicyclic) bond motifs is 1. The Hall–Kier alpha value is -3.79. The van der Waals surface area contributed by atoms with E-state index in [1.165, 1.54) is 11.4 Å². The number of pyridine rings is 1. The number of ketones is 1. The Kier molecular flexibility index (Phi) is 5.32. The molecule has 1 aromatic carbocycles. The molecule has 10 heteroatoms. The second-order valence-corrected chi connectivity index (χ2v) is 10.7. The van der Waals surface area contributed by atoms with Gasteiger partial charge >= 0.3 is 0 Å². The highest BCUT2D eigenvalue weighted by molar-refractivity contribution is 7.91. The molecule has 1 fully saturated rings. The van der Waals surface area contributed by atoms with Gasteiger partial charge in [0.25, 0.3) is 0 Å². The van der Waals surface area contributed by atoms with Crippen molar-refractivity contribution in [2.24, 2.45) is 0 Å². The van der Waals surface area contributed by atoms with Gasteiger partial charge in [-0.3, -0.25) is 9.78 Å². The monoisotopic (exact) mass is 476 g/mol. The first kappa shape index (κ1) is 22.0. The number of nitrogen functional groups attached to an aromatic ring is 1. The number of nitrogens with zero attached hydrogens (tertiary/aromatic N) is 5. The number of aryl methyl sites for hydroxylation is 1. The van der Waals surface area contributed by atoms with E-state index in [0.29, 0.717) is 11.5 Å². The number of sulfone groups is 1. The van der Waals surface area contributed by atoms with E-state index < -0.39 is 9.84 Å². The minimum absolute atomic E-state index is 0.00745. The highest BCUT2D eigenvalue weighted by Crippen LogP contribution is 2.32. The number of benzene rings is 1. The van der Waals surface area contributed by atoms with Gasteiger partial charge in [0, 0.05) is 36.0 Å². The highest BCUT2D eigenvalue weighted by atomic mass is 32.2. The Bertz CT molecular complexity index is 1510. The fourth-order valence-corrected chi connectivity index (χ4v) is 5.47. The molecule has 0 amide bonds. The van der Waals surface area contributed by atoms with E-state index in [0.717, 1.165) is 27.9 Å². The normalized spacial score (nSPS) is 15.5. The summed E-state index contributed by atoms with van der Waals surface area (Å²) in [4.78, 5) is 23.7. The minimum Gasteiger partial charge on any atom is -0.383 e. The predicted molar refractivity (Wildman–Crippen MR) is 132 cm³/mol. The number of carbonyl (C=O) groups is 1. The molecular weight excluding hydrogens is 452 g/mol. The number of aromatic nitrogens is 4. The van der Waals surface area contributed by atoms with E-state index in [-0.39, 0.29) is 41.8 Å². The van der Waals surface area contributed by atoms with Crippen LogP contribution in [0.2, 0.25) is 0 Å². The third-order valence-corrected chi connectivity index (χ3v) is 7.76. The van der Waals surface area contributed by atoms with Gasteiger partial charge in [-0.15, -0.1) is 0 Å². The number of rotatable bonds is 4. The van der Waals surface area contributed by atoms with Crippen molar-refractivity contribution < 1.29 is 13.2 Å². The Balaban J connectivity index is 1.60. The standard InChI is InChI=1S/C24H24N6O3S/c1-15-5-3-4-6-18(15)20-8-7-17(13-26-20)19-14-27-30-22(25)21(16(2)31)24(28-23(19)30)29-9-11-34(32,33)12-10-29/h3-8,13-14H,9-12,25H2,1-2H3. The molecule has 1 aliphatic rings. The molecule has 0 aliphatic carbocycles. The van der Waals surface area contributed by atoms with Crippen molar-refractivity contribution in [3.05, 3.63) is 59.9 Å². The molecule has 9 nitrogen and oxygen atoms in total. The van der Waals surface area contributed by atoms with Crippen LogP contribution in [0.25, 0.3) is 28.0 Å². The van der Waals surface area contributed by atoms with Crippen LogP contribution in [0.3, 0.4) is 0 Å². The first-order chi connectivity index (χ1) is 16.2. The van der Waals surface area contributed by atoms with Crippen LogP contribution >= 0.6 is 0 Å². The maximum atomic E-state index is 12.5. The van der Waals surface area contributed by atoms with E-state index in [9.17, 15) is 13.2 Å². The molecular formula is C24H24N6O3S. The van der Waals surface area contributed by atoms with Gasteiger partial charge in [0.15, 0.2) is 21.3 Å². The van der Waals surface area contributed by atoms with Crippen molar-refractivity contribution in [3.63, 3.8) is 0 Å². The van der Waals surface area contributed by atoms with Gasteiger partial charge in [-0.05, 0) is 25.5 Å². The maximum absolute atomic E-state index is 12.5. The van der Waals surface area contributed by atoms with E-state index >= 15 is 0 Å². The van der Waals surface area contributed by atoms with E-state index in [1.54, 1.807) is 12.4 Å². The van der Waals surface area contributed by atoms with Gasteiger partial charge in [-0.2, -0.15) is 9.61 Å². The average Bonchev–Trinajstić information content (AvgIpc) is 3.24. The summed E-state index contributed by atoms with van der Waals surface area (Å²) in [7, 11) is -3.09.